The number of rotatable bonds is 2. The molecule has 0 aliphatic heterocycles. The Morgan fingerprint density at radius 1 is 1.41 bits per heavy atom. The van der Waals surface area contributed by atoms with Gasteiger partial charge in [-0.15, -0.1) is 0 Å². The number of H-pyrrole nitrogens is 1. The minimum Gasteiger partial charge on any atom is -0.477 e. The molecule has 0 fully saturated rings. The standard InChI is InChI=1S/C7H4F3N3O4/c8-7(9,10)5(17)13-6-11-2(4(15)16)1-3(14)12-6/h1H,(H,15,16)(H2,11,12,13,14,17). The Hall–Kier alpha value is -2.39. The van der Waals surface area contributed by atoms with Crippen molar-refractivity contribution in [1.29, 1.82) is 0 Å². The zero-order valence-electron chi connectivity index (χ0n) is 7.83. The van der Waals surface area contributed by atoms with E-state index in [1.807, 2.05) is 0 Å². The van der Waals surface area contributed by atoms with Crippen molar-refractivity contribution in [2.75, 3.05) is 5.32 Å². The zero-order chi connectivity index (χ0) is 13.2. The maximum Gasteiger partial charge on any atom is 0.471 e. The lowest BCUT2D eigenvalue weighted by molar-refractivity contribution is -0.167. The van der Waals surface area contributed by atoms with E-state index < -0.39 is 35.3 Å². The van der Waals surface area contributed by atoms with E-state index in [1.165, 1.54) is 5.32 Å². The van der Waals surface area contributed by atoms with Crippen LogP contribution in [0.3, 0.4) is 0 Å². The van der Waals surface area contributed by atoms with Crippen LogP contribution in [-0.2, 0) is 4.79 Å². The second-order valence-corrected chi connectivity index (χ2v) is 2.74. The monoisotopic (exact) mass is 251 g/mol. The summed E-state index contributed by atoms with van der Waals surface area (Å²) >= 11 is 0. The first-order valence-corrected chi connectivity index (χ1v) is 3.93. The van der Waals surface area contributed by atoms with Gasteiger partial charge >= 0.3 is 18.1 Å². The van der Waals surface area contributed by atoms with Gasteiger partial charge in [-0.1, -0.05) is 0 Å². The van der Waals surface area contributed by atoms with Gasteiger partial charge < -0.3 is 5.11 Å². The number of nitrogens with one attached hydrogen (secondary N) is 2. The molecular formula is C7H4F3N3O4. The first kappa shape index (κ1) is 12.7. The fraction of sp³-hybridized carbons (Fsp3) is 0.143. The lowest BCUT2D eigenvalue weighted by Crippen LogP contribution is -2.31. The van der Waals surface area contributed by atoms with Crippen LogP contribution in [0, 0.1) is 0 Å². The summed E-state index contributed by atoms with van der Waals surface area (Å²) < 4.78 is 35.5. The molecule has 0 saturated heterocycles. The molecule has 0 bridgehead atoms. The van der Waals surface area contributed by atoms with Crippen LogP contribution in [0.2, 0.25) is 0 Å². The average Bonchev–Trinajstić information content (AvgIpc) is 2.14. The topological polar surface area (TPSA) is 112 Å². The molecule has 3 N–H and O–H groups in total. The van der Waals surface area contributed by atoms with Gasteiger partial charge in [-0.05, 0) is 0 Å². The summed E-state index contributed by atoms with van der Waals surface area (Å²) in [4.78, 5) is 36.6. The third-order valence-corrected chi connectivity index (χ3v) is 1.45. The van der Waals surface area contributed by atoms with E-state index in [1.54, 1.807) is 4.98 Å². The van der Waals surface area contributed by atoms with Gasteiger partial charge in [-0.2, -0.15) is 13.2 Å². The molecule has 1 heterocycles. The Labute approximate surface area is 90.3 Å². The van der Waals surface area contributed by atoms with Crippen molar-refractivity contribution in [3.8, 4) is 0 Å². The van der Waals surface area contributed by atoms with E-state index in [4.69, 9.17) is 5.11 Å². The quantitative estimate of drug-likeness (QED) is 0.683. The Morgan fingerprint density at radius 3 is 2.47 bits per heavy atom. The smallest absolute Gasteiger partial charge is 0.471 e. The minimum atomic E-state index is -5.17. The number of halogens is 3. The molecule has 0 aromatic carbocycles. The Morgan fingerprint density at radius 2 is 2.00 bits per heavy atom. The van der Waals surface area contributed by atoms with Crippen molar-refractivity contribution in [1.82, 2.24) is 9.97 Å². The van der Waals surface area contributed by atoms with Crippen LogP contribution in [0.5, 0.6) is 0 Å². The summed E-state index contributed by atoms with van der Waals surface area (Å²) in [7, 11) is 0. The summed E-state index contributed by atoms with van der Waals surface area (Å²) in [6.45, 7) is 0. The number of hydrogen-bond acceptors (Lipinski definition) is 4. The molecule has 92 valence electrons. The van der Waals surface area contributed by atoms with Crippen molar-refractivity contribution in [2.24, 2.45) is 0 Å². The summed E-state index contributed by atoms with van der Waals surface area (Å²) in [5.41, 5.74) is -1.79. The molecule has 0 unspecified atom stereocenters. The average molecular weight is 251 g/mol. The molecule has 0 spiro atoms. The molecule has 0 aliphatic rings. The Balaban J connectivity index is 3.04. The molecule has 0 aliphatic carbocycles. The number of nitrogens with zero attached hydrogens (tertiary/aromatic N) is 1. The molecule has 10 heteroatoms. The highest BCUT2D eigenvalue weighted by atomic mass is 19.4. The van der Waals surface area contributed by atoms with Crippen molar-refractivity contribution < 1.29 is 27.9 Å². The van der Waals surface area contributed by atoms with Crippen molar-refractivity contribution in [3.05, 3.63) is 22.1 Å². The van der Waals surface area contributed by atoms with Crippen molar-refractivity contribution in [2.45, 2.75) is 6.18 Å². The fourth-order valence-electron chi connectivity index (χ4n) is 0.805. The van der Waals surface area contributed by atoms with E-state index in [2.05, 4.69) is 4.98 Å². The summed E-state index contributed by atoms with van der Waals surface area (Å²) in [5, 5.41) is 9.70. The molecule has 1 amide bonds. The molecule has 17 heavy (non-hydrogen) atoms. The second kappa shape index (κ2) is 4.23. The van der Waals surface area contributed by atoms with Crippen LogP contribution < -0.4 is 10.9 Å². The van der Waals surface area contributed by atoms with Gasteiger partial charge in [0.05, 0.1) is 0 Å². The molecule has 1 rings (SSSR count). The van der Waals surface area contributed by atoms with Gasteiger partial charge in [0.15, 0.2) is 5.69 Å². The Bertz CT molecular complexity index is 522. The molecule has 0 atom stereocenters. The van der Waals surface area contributed by atoms with E-state index >= 15 is 0 Å². The third kappa shape index (κ3) is 3.29. The number of carbonyl (C=O) groups excluding carboxylic acids is 1. The number of hydrogen-bond donors (Lipinski definition) is 3. The normalized spacial score (nSPS) is 11.0. The van der Waals surface area contributed by atoms with Gasteiger partial charge in [0.25, 0.3) is 5.56 Å². The number of alkyl halides is 3. The number of anilines is 1. The van der Waals surface area contributed by atoms with Crippen LogP contribution in [0.1, 0.15) is 10.5 Å². The molecular weight excluding hydrogens is 247 g/mol. The van der Waals surface area contributed by atoms with Gasteiger partial charge in [-0.25, -0.2) is 9.78 Å². The molecule has 0 radical (unpaired) electrons. The van der Waals surface area contributed by atoms with Crippen LogP contribution in [0.15, 0.2) is 10.9 Å². The minimum absolute atomic E-state index is 0.561. The Kier molecular flexibility index (Phi) is 3.16. The molecule has 0 saturated carbocycles. The highest BCUT2D eigenvalue weighted by molar-refractivity contribution is 5.94. The number of aromatic carboxylic acids is 1. The van der Waals surface area contributed by atoms with E-state index in [9.17, 15) is 27.6 Å². The van der Waals surface area contributed by atoms with Gasteiger partial charge in [0, 0.05) is 6.07 Å². The predicted molar refractivity (Wildman–Crippen MR) is 46.5 cm³/mol. The maximum atomic E-state index is 11.8. The number of aromatic amines is 1. The van der Waals surface area contributed by atoms with Gasteiger partial charge in [0.1, 0.15) is 0 Å². The van der Waals surface area contributed by atoms with E-state index in [-0.39, 0.29) is 0 Å². The summed E-state index contributed by atoms with van der Waals surface area (Å²) in [6, 6.07) is 0.561. The van der Waals surface area contributed by atoms with Crippen LogP contribution >= 0.6 is 0 Å². The number of carboxylic acids is 1. The van der Waals surface area contributed by atoms with Crippen LogP contribution in [-0.4, -0.2) is 33.1 Å². The number of amides is 1. The molecule has 7 nitrogen and oxygen atoms in total. The molecule has 1 aromatic rings. The SMILES string of the molecule is O=C(O)c1cc(=O)[nH]c(NC(=O)C(F)(F)F)n1. The van der Waals surface area contributed by atoms with Crippen molar-refractivity contribution in [3.63, 3.8) is 0 Å². The van der Waals surface area contributed by atoms with Crippen LogP contribution in [0.25, 0.3) is 0 Å². The second-order valence-electron chi connectivity index (χ2n) is 2.74. The van der Waals surface area contributed by atoms with Crippen molar-refractivity contribution >= 4 is 17.8 Å². The van der Waals surface area contributed by atoms with Gasteiger partial charge in [0.2, 0.25) is 5.95 Å². The first-order valence-electron chi connectivity index (χ1n) is 3.93. The summed E-state index contributed by atoms with van der Waals surface area (Å²) in [5.74, 6) is -4.88. The lowest BCUT2D eigenvalue weighted by Gasteiger charge is -2.06. The highest BCUT2D eigenvalue weighted by Crippen LogP contribution is 2.16. The lowest BCUT2D eigenvalue weighted by atomic mass is 10.4. The van der Waals surface area contributed by atoms with E-state index in [0.29, 0.717) is 6.07 Å². The van der Waals surface area contributed by atoms with Crippen LogP contribution in [0.4, 0.5) is 19.1 Å². The molecule has 1 aromatic heterocycles. The summed E-state index contributed by atoms with van der Waals surface area (Å²) in [6.07, 6.45) is -5.17. The predicted octanol–water partition coefficient (Wildman–Crippen LogP) is -0.0311. The van der Waals surface area contributed by atoms with E-state index in [0.717, 1.165) is 0 Å². The zero-order valence-corrected chi connectivity index (χ0v) is 7.83. The largest absolute Gasteiger partial charge is 0.477 e. The third-order valence-electron chi connectivity index (χ3n) is 1.45. The number of carboxylic acid groups (broad SMARTS) is 1. The highest BCUT2D eigenvalue weighted by Gasteiger charge is 2.39. The first-order chi connectivity index (χ1) is 7.70. The van der Waals surface area contributed by atoms with Gasteiger partial charge in [-0.3, -0.25) is 19.9 Å². The fourth-order valence-corrected chi connectivity index (χ4v) is 0.805. The maximum absolute atomic E-state index is 11.8. The number of aromatic nitrogens is 2. The number of carbonyl (C=O) groups is 2.